The van der Waals surface area contributed by atoms with Crippen LogP contribution in [0.2, 0.25) is 0 Å². The van der Waals surface area contributed by atoms with Crippen LogP contribution in [0.5, 0.6) is 17.2 Å². The van der Waals surface area contributed by atoms with Gasteiger partial charge in [-0.3, -0.25) is 4.79 Å². The Hall–Kier alpha value is -3.02. The summed E-state index contributed by atoms with van der Waals surface area (Å²) in [7, 11) is 0. The van der Waals surface area contributed by atoms with E-state index in [1.54, 1.807) is 32.0 Å². The maximum absolute atomic E-state index is 12.5. The molecule has 6 heteroatoms. The summed E-state index contributed by atoms with van der Waals surface area (Å²) in [6.45, 7) is 11.4. The molecule has 0 aliphatic carbocycles. The number of hydrogen-bond donors (Lipinski definition) is 0. The summed E-state index contributed by atoms with van der Waals surface area (Å²) < 4.78 is 22.2. The predicted octanol–water partition coefficient (Wildman–Crippen LogP) is 5.58. The first-order valence-corrected chi connectivity index (χ1v) is 10.1. The summed E-state index contributed by atoms with van der Waals surface area (Å²) in [5.41, 5.74) is 2.00. The Morgan fingerprint density at radius 2 is 1.83 bits per heavy atom. The monoisotopic (exact) mass is 414 g/mol. The highest BCUT2D eigenvalue weighted by atomic mass is 16.6. The van der Waals surface area contributed by atoms with Gasteiger partial charge in [-0.15, -0.1) is 0 Å². The summed E-state index contributed by atoms with van der Waals surface area (Å²) in [6.07, 6.45) is 5.84. The Bertz CT molecular complexity index is 1010. The normalized spacial score (nSPS) is 11.5. The van der Waals surface area contributed by atoms with Crippen molar-refractivity contribution in [2.75, 3.05) is 6.61 Å². The number of fused-ring (bicyclic) bond motifs is 1. The quantitative estimate of drug-likeness (QED) is 0.303. The number of ether oxygens (including phenoxy) is 3. The van der Waals surface area contributed by atoms with Crippen molar-refractivity contribution < 1.29 is 23.4 Å². The summed E-state index contributed by atoms with van der Waals surface area (Å²) in [4.78, 5) is 24.1. The van der Waals surface area contributed by atoms with Gasteiger partial charge in [-0.05, 0) is 65.7 Å². The summed E-state index contributed by atoms with van der Waals surface area (Å²) >= 11 is 0. The zero-order valence-corrected chi connectivity index (χ0v) is 18.5. The maximum Gasteiger partial charge on any atom is 0.383 e. The number of para-hydroxylation sites is 1. The van der Waals surface area contributed by atoms with Crippen LogP contribution in [0.4, 0.5) is 0 Å². The van der Waals surface area contributed by atoms with Crippen molar-refractivity contribution in [2.45, 2.75) is 60.5 Å². The molecule has 0 spiro atoms. The Kier molecular flexibility index (Phi) is 8.27. The fourth-order valence-electron chi connectivity index (χ4n) is 2.81. The number of rotatable bonds is 9. The molecule has 0 radical (unpaired) electrons. The molecule has 6 nitrogen and oxygen atoms in total. The van der Waals surface area contributed by atoms with Crippen molar-refractivity contribution in [3.05, 3.63) is 51.9 Å². The molecule has 0 amide bonds. The van der Waals surface area contributed by atoms with Gasteiger partial charge in [0.2, 0.25) is 5.75 Å². The van der Waals surface area contributed by atoms with E-state index in [0.29, 0.717) is 17.7 Å². The Morgan fingerprint density at radius 3 is 2.47 bits per heavy atom. The van der Waals surface area contributed by atoms with E-state index in [2.05, 4.69) is 26.8 Å². The SMILES string of the molecule is CC(=O)Oc1c(OC(C)C)c(=O)oc2c(OCC=C(C)CCC=C(C)C)cccc12. The van der Waals surface area contributed by atoms with Crippen molar-refractivity contribution in [2.24, 2.45) is 0 Å². The Morgan fingerprint density at radius 1 is 1.10 bits per heavy atom. The molecule has 0 aliphatic heterocycles. The summed E-state index contributed by atoms with van der Waals surface area (Å²) in [5, 5.41) is 0.433. The van der Waals surface area contributed by atoms with Crippen LogP contribution in [0.1, 0.15) is 54.4 Å². The van der Waals surface area contributed by atoms with Gasteiger partial charge < -0.3 is 18.6 Å². The van der Waals surface area contributed by atoms with Crippen LogP contribution in [0, 0.1) is 0 Å². The van der Waals surface area contributed by atoms with Gasteiger partial charge in [-0.1, -0.05) is 23.3 Å². The molecule has 0 saturated heterocycles. The van der Waals surface area contributed by atoms with Crippen LogP contribution in [0.3, 0.4) is 0 Å². The van der Waals surface area contributed by atoms with Crippen LogP contribution >= 0.6 is 0 Å². The van der Waals surface area contributed by atoms with Gasteiger partial charge in [0.25, 0.3) is 0 Å². The largest absolute Gasteiger partial charge is 0.486 e. The van der Waals surface area contributed by atoms with Gasteiger partial charge in [-0.25, -0.2) is 4.79 Å². The van der Waals surface area contributed by atoms with Crippen LogP contribution < -0.4 is 19.8 Å². The fraction of sp³-hybridized carbons (Fsp3) is 0.417. The lowest BCUT2D eigenvalue weighted by Crippen LogP contribution is -2.16. The van der Waals surface area contributed by atoms with Gasteiger partial charge in [0.05, 0.1) is 11.5 Å². The zero-order valence-electron chi connectivity index (χ0n) is 18.5. The Balaban J connectivity index is 2.34. The van der Waals surface area contributed by atoms with Crippen LogP contribution in [-0.2, 0) is 4.79 Å². The molecule has 0 atom stereocenters. The van der Waals surface area contributed by atoms with E-state index in [1.807, 2.05) is 6.08 Å². The average molecular weight is 414 g/mol. The highest BCUT2D eigenvalue weighted by Gasteiger charge is 2.22. The zero-order chi connectivity index (χ0) is 22.3. The van der Waals surface area contributed by atoms with E-state index in [9.17, 15) is 9.59 Å². The van der Waals surface area contributed by atoms with Crippen molar-refractivity contribution in [1.82, 2.24) is 0 Å². The van der Waals surface area contributed by atoms with Gasteiger partial charge in [0.15, 0.2) is 17.1 Å². The maximum atomic E-state index is 12.5. The molecule has 0 aliphatic rings. The first-order chi connectivity index (χ1) is 14.2. The highest BCUT2D eigenvalue weighted by molar-refractivity contribution is 5.91. The predicted molar refractivity (Wildman–Crippen MR) is 117 cm³/mol. The van der Waals surface area contributed by atoms with E-state index in [-0.39, 0.29) is 23.2 Å². The van der Waals surface area contributed by atoms with Crippen molar-refractivity contribution in [1.29, 1.82) is 0 Å². The number of carbonyl (C=O) groups excluding carboxylic acids is 1. The molecule has 0 N–H and O–H groups in total. The van der Waals surface area contributed by atoms with Crippen molar-refractivity contribution in [3.63, 3.8) is 0 Å². The third-order valence-electron chi connectivity index (χ3n) is 4.17. The van der Waals surface area contributed by atoms with Crippen LogP contribution in [0.25, 0.3) is 11.0 Å². The van der Waals surface area contributed by atoms with E-state index < -0.39 is 11.6 Å². The molecule has 0 unspecified atom stereocenters. The molecule has 0 fully saturated rings. The summed E-state index contributed by atoms with van der Waals surface area (Å²) in [5.74, 6) is -0.250. The van der Waals surface area contributed by atoms with Crippen LogP contribution in [-0.4, -0.2) is 18.7 Å². The van der Waals surface area contributed by atoms with Gasteiger partial charge >= 0.3 is 11.6 Å². The van der Waals surface area contributed by atoms with Gasteiger partial charge in [0.1, 0.15) is 6.61 Å². The smallest absolute Gasteiger partial charge is 0.383 e. The standard InChI is InChI=1S/C24H30O6/c1-15(2)9-7-10-17(5)13-14-27-20-12-8-11-19-21(20)30-24(26)23(28-16(3)4)22(19)29-18(6)25/h8-9,11-13,16H,7,10,14H2,1-6H3. The molecular formula is C24H30O6. The lowest BCUT2D eigenvalue weighted by Gasteiger charge is -2.15. The first-order valence-electron chi connectivity index (χ1n) is 10.1. The van der Waals surface area contributed by atoms with E-state index in [1.165, 1.54) is 18.1 Å². The molecule has 162 valence electrons. The molecule has 30 heavy (non-hydrogen) atoms. The molecule has 1 heterocycles. The van der Waals surface area contributed by atoms with Crippen molar-refractivity contribution >= 4 is 16.9 Å². The molecule has 0 saturated carbocycles. The minimum absolute atomic E-state index is 0.0429. The van der Waals surface area contributed by atoms with E-state index in [4.69, 9.17) is 18.6 Å². The lowest BCUT2D eigenvalue weighted by atomic mass is 10.1. The number of carbonyl (C=O) groups is 1. The lowest BCUT2D eigenvalue weighted by molar-refractivity contribution is -0.131. The number of hydrogen-bond acceptors (Lipinski definition) is 6. The topological polar surface area (TPSA) is 75.0 Å². The second-order valence-electron chi connectivity index (χ2n) is 7.62. The summed E-state index contributed by atoms with van der Waals surface area (Å²) in [6, 6.07) is 5.14. The Labute approximate surface area is 177 Å². The second kappa shape index (κ2) is 10.7. The minimum Gasteiger partial charge on any atom is -0.486 e. The van der Waals surface area contributed by atoms with Crippen molar-refractivity contribution in [3.8, 4) is 17.2 Å². The minimum atomic E-state index is -0.725. The second-order valence-corrected chi connectivity index (χ2v) is 7.62. The highest BCUT2D eigenvalue weighted by Crippen LogP contribution is 2.37. The number of allylic oxidation sites excluding steroid dienone is 3. The first kappa shape index (κ1) is 23.3. The fourth-order valence-corrected chi connectivity index (χ4v) is 2.81. The molecule has 1 aromatic heterocycles. The molecule has 0 bridgehead atoms. The van der Waals surface area contributed by atoms with E-state index in [0.717, 1.165) is 12.8 Å². The molecule has 1 aromatic carbocycles. The van der Waals surface area contributed by atoms with Gasteiger partial charge in [-0.2, -0.15) is 0 Å². The van der Waals surface area contributed by atoms with E-state index >= 15 is 0 Å². The van der Waals surface area contributed by atoms with Crippen LogP contribution in [0.15, 0.2) is 50.7 Å². The molecule has 2 aromatic rings. The third kappa shape index (κ3) is 6.51. The number of benzene rings is 1. The molecular weight excluding hydrogens is 384 g/mol. The average Bonchev–Trinajstić information content (AvgIpc) is 2.64. The molecule has 2 rings (SSSR count). The third-order valence-corrected chi connectivity index (χ3v) is 4.17. The van der Waals surface area contributed by atoms with Gasteiger partial charge in [0, 0.05) is 6.92 Å². The number of esters is 1.